The predicted octanol–water partition coefficient (Wildman–Crippen LogP) is 7.42. The molecule has 0 saturated heterocycles. The Morgan fingerprint density at radius 1 is 0.652 bits per heavy atom. The van der Waals surface area contributed by atoms with Gasteiger partial charge in [0.1, 0.15) is 0 Å². The van der Waals surface area contributed by atoms with Crippen molar-refractivity contribution >= 4 is 45.5 Å². The van der Waals surface area contributed by atoms with Gasteiger partial charge in [0.25, 0.3) is 0 Å². The Kier molecular flexibility index (Phi) is 18.3. The number of aliphatic hydroxyl groups is 1. The molecule has 2 unspecified atom stereocenters. The van der Waals surface area contributed by atoms with Crippen molar-refractivity contribution in [2.24, 2.45) is 16.7 Å². The van der Waals surface area contributed by atoms with E-state index in [0.717, 1.165) is 64.4 Å². The van der Waals surface area contributed by atoms with Gasteiger partial charge in [-0.15, -0.1) is 5.60 Å². The van der Waals surface area contributed by atoms with Crippen molar-refractivity contribution in [3.05, 3.63) is 218 Å². The van der Waals surface area contributed by atoms with Crippen LogP contribution >= 0.6 is 15.9 Å². The van der Waals surface area contributed by atoms with E-state index in [9.17, 15) is 29.4 Å². The van der Waals surface area contributed by atoms with Crippen LogP contribution in [0.1, 0.15) is 107 Å². The minimum Gasteiger partial charge on any atom is -0.850 e. The molecule has 10 heteroatoms. The summed E-state index contributed by atoms with van der Waals surface area (Å²) in [6.07, 6.45) is 6.72. The number of rotatable bonds is 8. The molecular formula is C59H58BrKO8. The van der Waals surface area contributed by atoms with Gasteiger partial charge in [0.15, 0.2) is 11.6 Å². The summed E-state index contributed by atoms with van der Waals surface area (Å²) < 4.78 is 9.36. The van der Waals surface area contributed by atoms with Crippen LogP contribution in [-0.4, -0.2) is 55.0 Å². The first-order chi connectivity index (χ1) is 32.6. The summed E-state index contributed by atoms with van der Waals surface area (Å²) >= 11 is 3.32. The molecule has 0 aliphatic heterocycles. The fraction of sp³-hybridized carbons (Fsp3) is 0.288. The molecule has 4 aliphatic carbocycles. The number of ether oxygens (including phenoxy) is 2. The number of carbonyl (C=O) groups excluding carboxylic acids is 4. The average molecular weight is 1010 g/mol. The van der Waals surface area contributed by atoms with Gasteiger partial charge in [-0.2, -0.15) is 0 Å². The molecule has 0 saturated carbocycles. The van der Waals surface area contributed by atoms with Crippen LogP contribution in [0.15, 0.2) is 151 Å². The van der Waals surface area contributed by atoms with Gasteiger partial charge in [0.05, 0.1) is 37.4 Å². The van der Waals surface area contributed by atoms with Gasteiger partial charge in [0.2, 0.25) is 0 Å². The number of carbonyl (C=O) groups is 4. The normalized spacial score (nSPS) is 17.6. The SMILES string of the molecule is CC(C)(C)[O-].COC(=O)c1ccc(CBr)cc1.COC(=O)c1ccc(CC2(C3=Cc4ccccc4C3)Cc3ccccc3C2=O)cc1.O=C1c2ccccc2CC1C1(CO)Cc2ccccc2C1.[K+]. The number of aliphatic hydroxyl groups excluding tert-OH is 1. The number of hydrogen-bond acceptors (Lipinski definition) is 8. The molecule has 350 valence electrons. The Labute approximate surface area is 457 Å². The van der Waals surface area contributed by atoms with E-state index in [1.165, 1.54) is 42.0 Å². The van der Waals surface area contributed by atoms with Crippen LogP contribution in [0.25, 0.3) is 6.08 Å². The van der Waals surface area contributed by atoms with E-state index in [0.29, 0.717) is 24.0 Å². The van der Waals surface area contributed by atoms with E-state index in [4.69, 9.17) is 4.74 Å². The molecule has 0 fully saturated rings. The Hall–Kier alpha value is -4.62. The molecule has 10 rings (SSSR count). The number of hydrogen-bond donors (Lipinski definition) is 1. The summed E-state index contributed by atoms with van der Waals surface area (Å²) in [5, 5.41) is 21.0. The summed E-state index contributed by atoms with van der Waals surface area (Å²) in [5.41, 5.74) is 11.8. The fourth-order valence-electron chi connectivity index (χ4n) is 9.86. The molecule has 4 aliphatic rings. The van der Waals surface area contributed by atoms with Crippen LogP contribution in [0.2, 0.25) is 0 Å². The maximum Gasteiger partial charge on any atom is 1.00 e. The molecule has 69 heavy (non-hydrogen) atoms. The molecule has 0 heterocycles. The predicted molar refractivity (Wildman–Crippen MR) is 268 cm³/mol. The monoisotopic (exact) mass is 1010 g/mol. The van der Waals surface area contributed by atoms with Crippen molar-refractivity contribution in [1.29, 1.82) is 0 Å². The number of methoxy groups -OCH3 is 2. The molecule has 0 amide bonds. The van der Waals surface area contributed by atoms with Crippen molar-refractivity contribution in [2.45, 2.75) is 70.2 Å². The van der Waals surface area contributed by atoms with Crippen LogP contribution in [0.5, 0.6) is 0 Å². The first kappa shape index (κ1) is 53.7. The van der Waals surface area contributed by atoms with E-state index >= 15 is 0 Å². The van der Waals surface area contributed by atoms with E-state index in [2.05, 4.69) is 63.1 Å². The van der Waals surface area contributed by atoms with Crippen molar-refractivity contribution in [3.63, 3.8) is 0 Å². The first-order valence-electron chi connectivity index (χ1n) is 22.9. The summed E-state index contributed by atoms with van der Waals surface area (Å²) in [6, 6.07) is 47.2. The molecule has 6 aromatic rings. The number of Topliss-reactive ketones (excluding diaryl/α,β-unsaturated/α-hetero) is 2. The Morgan fingerprint density at radius 3 is 1.59 bits per heavy atom. The molecule has 0 bridgehead atoms. The standard InChI is InChI=1S/C27H22O3.C19H18O2.C9H9BrO2.C4H9O.K/c1-30-26(29)19-12-10-18(11-13-19)16-27(17-22-8-4-5-9-24(22)25(27)28)23-14-20-6-2-3-7-21(20)15-23;20-12-19(10-14-6-1-2-7-15(14)11-19)17-9-13-5-3-4-8-16(13)18(17)21;1-12-9(11)8-4-2-7(6-10)3-5-8;1-4(2,3)5;/h2-14H,15-17H2,1H3;1-8,17,20H,9-12H2;2-5H,6H2,1H3;1-3H3;/q;;;-1;+1. The molecule has 8 nitrogen and oxygen atoms in total. The van der Waals surface area contributed by atoms with Gasteiger partial charge in [-0.1, -0.05) is 170 Å². The number of halogens is 1. The summed E-state index contributed by atoms with van der Waals surface area (Å²) in [7, 11) is 2.75. The number of fused-ring (bicyclic) bond motifs is 4. The third kappa shape index (κ3) is 12.5. The topological polar surface area (TPSA) is 130 Å². The van der Waals surface area contributed by atoms with Crippen LogP contribution in [-0.2, 0) is 53.3 Å². The maximum atomic E-state index is 13.8. The van der Waals surface area contributed by atoms with Crippen molar-refractivity contribution in [2.75, 3.05) is 20.8 Å². The van der Waals surface area contributed by atoms with E-state index in [-0.39, 0.29) is 92.8 Å². The van der Waals surface area contributed by atoms with E-state index in [1.54, 1.807) is 45.0 Å². The van der Waals surface area contributed by atoms with Crippen molar-refractivity contribution < 1.29 is 90.2 Å². The molecule has 1 N–H and O–H groups in total. The van der Waals surface area contributed by atoms with Crippen LogP contribution in [0, 0.1) is 16.7 Å². The quantitative estimate of drug-likeness (QED) is 0.0949. The Morgan fingerprint density at radius 2 is 1.12 bits per heavy atom. The second kappa shape index (κ2) is 23.5. The molecule has 0 radical (unpaired) electrons. The second-order valence-corrected chi connectivity index (χ2v) is 19.6. The summed E-state index contributed by atoms with van der Waals surface area (Å²) in [4.78, 5) is 49.3. The molecule has 2 atom stereocenters. The van der Waals surface area contributed by atoms with Crippen LogP contribution in [0.4, 0.5) is 0 Å². The van der Waals surface area contributed by atoms with Gasteiger partial charge in [-0.05, 0) is 107 Å². The van der Waals surface area contributed by atoms with E-state index in [1.807, 2.05) is 84.9 Å². The van der Waals surface area contributed by atoms with Gasteiger partial charge >= 0.3 is 63.3 Å². The molecular weight excluding hydrogens is 956 g/mol. The number of benzene rings is 6. The minimum absolute atomic E-state index is 0. The van der Waals surface area contributed by atoms with Crippen LogP contribution in [0.3, 0.4) is 0 Å². The number of ketones is 2. The third-order valence-electron chi connectivity index (χ3n) is 13.3. The Bertz CT molecular complexity index is 2790. The average Bonchev–Trinajstić information content (AvgIpc) is 4.13. The minimum atomic E-state index is -0.750. The zero-order chi connectivity index (χ0) is 48.6. The van der Waals surface area contributed by atoms with E-state index < -0.39 is 11.0 Å². The number of esters is 2. The molecule has 0 aromatic heterocycles. The molecule has 6 aromatic carbocycles. The summed E-state index contributed by atoms with van der Waals surface area (Å²) in [5.74, 6) is -0.320. The molecule has 0 spiro atoms. The smallest absolute Gasteiger partial charge is 0.850 e. The van der Waals surface area contributed by atoms with Gasteiger partial charge in [-0.3, -0.25) is 9.59 Å². The maximum absolute atomic E-state index is 13.8. The Balaban J connectivity index is 0.000000174. The number of alkyl halides is 1. The second-order valence-electron chi connectivity index (χ2n) is 19.0. The zero-order valence-electron chi connectivity index (χ0n) is 40.4. The van der Waals surface area contributed by atoms with Gasteiger partial charge in [0, 0.05) is 27.8 Å². The largest absolute Gasteiger partial charge is 1.00 e. The first-order valence-corrected chi connectivity index (χ1v) is 24.1. The van der Waals surface area contributed by atoms with Gasteiger partial charge in [-0.25, -0.2) is 9.59 Å². The van der Waals surface area contributed by atoms with Gasteiger partial charge < -0.3 is 19.7 Å². The van der Waals surface area contributed by atoms with Crippen LogP contribution < -0.4 is 56.5 Å². The fourth-order valence-corrected chi connectivity index (χ4v) is 10.2. The van der Waals surface area contributed by atoms with Crippen molar-refractivity contribution in [1.82, 2.24) is 0 Å². The zero-order valence-corrected chi connectivity index (χ0v) is 45.1. The number of allylic oxidation sites excluding steroid dienone is 1. The van der Waals surface area contributed by atoms with Crippen molar-refractivity contribution in [3.8, 4) is 0 Å². The third-order valence-corrected chi connectivity index (χ3v) is 13.9. The summed E-state index contributed by atoms with van der Waals surface area (Å²) in [6.45, 7) is 4.97.